The lowest BCUT2D eigenvalue weighted by molar-refractivity contribution is 0.0740. The molecule has 0 aromatic heterocycles. The number of phenols is 1. The number of likely N-dealkylation sites (tertiary alicyclic amines) is 1. The number of hydrogen-bond acceptors (Lipinski definition) is 3. The van der Waals surface area contributed by atoms with E-state index in [2.05, 4.69) is 11.9 Å². The van der Waals surface area contributed by atoms with Crippen molar-refractivity contribution in [3.8, 4) is 5.75 Å². The molecule has 2 fully saturated rings. The summed E-state index contributed by atoms with van der Waals surface area (Å²) in [6.45, 7) is 1.58. The fraction of sp³-hybridized carbons (Fsp3) is 0.533. The molecule has 5 heteroatoms. The summed E-state index contributed by atoms with van der Waals surface area (Å²) in [5.74, 6) is 0.0192. The average Bonchev–Trinajstić information content (AvgIpc) is 2.66. The van der Waals surface area contributed by atoms with Crippen LogP contribution in [0, 0.1) is 0 Å². The second-order valence-electron chi connectivity index (χ2n) is 5.76. The van der Waals surface area contributed by atoms with E-state index in [1.807, 2.05) is 4.90 Å². The molecule has 108 valence electrons. The minimum absolute atomic E-state index is 0.00727. The van der Waals surface area contributed by atoms with Crippen LogP contribution in [0.2, 0.25) is 5.02 Å². The van der Waals surface area contributed by atoms with Gasteiger partial charge in [-0.1, -0.05) is 11.6 Å². The van der Waals surface area contributed by atoms with Gasteiger partial charge >= 0.3 is 0 Å². The summed E-state index contributed by atoms with van der Waals surface area (Å²) >= 11 is 5.89. The van der Waals surface area contributed by atoms with E-state index in [4.69, 9.17) is 11.6 Å². The topological polar surface area (TPSA) is 43.8 Å². The third-order valence-electron chi connectivity index (χ3n) is 4.63. The lowest BCUT2D eigenvalue weighted by atomic mass is 10.1. The zero-order valence-corrected chi connectivity index (χ0v) is 12.3. The van der Waals surface area contributed by atoms with Gasteiger partial charge in [0.05, 0.1) is 5.02 Å². The van der Waals surface area contributed by atoms with Gasteiger partial charge in [-0.3, -0.25) is 9.69 Å². The van der Waals surface area contributed by atoms with Crippen LogP contribution >= 0.6 is 11.6 Å². The zero-order chi connectivity index (χ0) is 14.3. The Morgan fingerprint density at radius 2 is 2.05 bits per heavy atom. The summed E-state index contributed by atoms with van der Waals surface area (Å²) in [6, 6.07) is 5.74. The highest BCUT2D eigenvalue weighted by atomic mass is 35.5. The van der Waals surface area contributed by atoms with E-state index >= 15 is 0 Å². The molecule has 1 aromatic carbocycles. The fourth-order valence-electron chi connectivity index (χ4n) is 3.32. The van der Waals surface area contributed by atoms with Gasteiger partial charge in [0.2, 0.25) is 0 Å². The molecule has 1 aromatic rings. The Morgan fingerprint density at radius 1 is 1.30 bits per heavy atom. The number of carbonyl (C=O) groups excluding carboxylic acids is 1. The molecular weight excluding hydrogens is 276 g/mol. The Morgan fingerprint density at radius 3 is 2.80 bits per heavy atom. The Kier molecular flexibility index (Phi) is 3.61. The highest BCUT2D eigenvalue weighted by Crippen LogP contribution is 2.30. The largest absolute Gasteiger partial charge is 0.506 e. The number of amides is 1. The first-order valence-electron chi connectivity index (χ1n) is 7.06. The minimum atomic E-state index is 0.00727. The van der Waals surface area contributed by atoms with Crippen LogP contribution in [0.25, 0.3) is 0 Å². The quantitative estimate of drug-likeness (QED) is 0.865. The van der Waals surface area contributed by atoms with Crippen molar-refractivity contribution in [3.63, 3.8) is 0 Å². The molecule has 0 saturated carbocycles. The number of rotatable bonds is 1. The number of nitrogens with zero attached hydrogens (tertiary/aromatic N) is 2. The van der Waals surface area contributed by atoms with Crippen LogP contribution in [0.1, 0.15) is 29.6 Å². The molecule has 3 rings (SSSR count). The maximum Gasteiger partial charge on any atom is 0.253 e. The number of halogens is 1. The third-order valence-corrected chi connectivity index (χ3v) is 4.93. The van der Waals surface area contributed by atoms with Crippen LogP contribution in [0.5, 0.6) is 5.75 Å². The molecule has 2 aliphatic rings. The van der Waals surface area contributed by atoms with Crippen LogP contribution in [0.3, 0.4) is 0 Å². The lowest BCUT2D eigenvalue weighted by Gasteiger charge is -2.26. The highest BCUT2D eigenvalue weighted by Gasteiger charge is 2.36. The van der Waals surface area contributed by atoms with E-state index in [1.165, 1.54) is 18.9 Å². The zero-order valence-electron chi connectivity index (χ0n) is 11.6. The number of phenolic OH excluding ortho intramolecular Hbond substituents is 1. The molecule has 1 amide bonds. The number of likely N-dealkylation sites (N-methyl/N-ethyl adjacent to an activating group) is 1. The number of carbonyl (C=O) groups is 1. The molecular formula is C15H19ClN2O2. The average molecular weight is 295 g/mol. The van der Waals surface area contributed by atoms with E-state index in [1.54, 1.807) is 12.1 Å². The van der Waals surface area contributed by atoms with Crippen LogP contribution in [0.15, 0.2) is 18.2 Å². The van der Waals surface area contributed by atoms with Gasteiger partial charge in [-0.25, -0.2) is 0 Å². The molecule has 2 atom stereocenters. The Labute approximate surface area is 123 Å². The lowest BCUT2D eigenvalue weighted by Crippen LogP contribution is -2.39. The highest BCUT2D eigenvalue weighted by molar-refractivity contribution is 6.32. The van der Waals surface area contributed by atoms with Gasteiger partial charge in [-0.15, -0.1) is 0 Å². The van der Waals surface area contributed by atoms with E-state index in [0.717, 1.165) is 19.5 Å². The SMILES string of the molecule is CN1C2CCC1CN(C(=O)c1ccc(O)c(Cl)c1)CC2. The van der Waals surface area contributed by atoms with Crippen LogP contribution < -0.4 is 0 Å². The second-order valence-corrected chi connectivity index (χ2v) is 6.16. The third kappa shape index (κ3) is 2.38. The van der Waals surface area contributed by atoms with Crippen molar-refractivity contribution in [2.24, 2.45) is 0 Å². The van der Waals surface area contributed by atoms with E-state index in [0.29, 0.717) is 17.6 Å². The smallest absolute Gasteiger partial charge is 0.253 e. The van der Waals surface area contributed by atoms with Crippen molar-refractivity contribution in [2.75, 3.05) is 20.1 Å². The summed E-state index contributed by atoms with van der Waals surface area (Å²) in [4.78, 5) is 16.9. The monoisotopic (exact) mass is 294 g/mol. The fourth-order valence-corrected chi connectivity index (χ4v) is 3.50. The van der Waals surface area contributed by atoms with Gasteiger partial charge in [-0.2, -0.15) is 0 Å². The van der Waals surface area contributed by atoms with E-state index < -0.39 is 0 Å². The summed E-state index contributed by atoms with van der Waals surface area (Å²) in [5, 5.41) is 9.66. The second kappa shape index (κ2) is 5.26. The maximum absolute atomic E-state index is 12.6. The molecule has 0 aliphatic carbocycles. The van der Waals surface area contributed by atoms with Gasteiger partial charge in [0, 0.05) is 30.7 Å². The standard InChI is InChI=1S/C15H19ClN2O2/c1-17-11-3-4-12(17)9-18(7-6-11)15(20)10-2-5-14(19)13(16)8-10/h2,5,8,11-12,19H,3-4,6-7,9H2,1H3. The summed E-state index contributed by atoms with van der Waals surface area (Å²) in [6.07, 6.45) is 3.44. The van der Waals surface area contributed by atoms with E-state index in [-0.39, 0.29) is 16.7 Å². The molecule has 2 aliphatic heterocycles. The molecule has 2 saturated heterocycles. The Bertz CT molecular complexity index is 535. The van der Waals surface area contributed by atoms with Crippen LogP contribution in [-0.2, 0) is 0 Å². The van der Waals surface area contributed by atoms with Crippen LogP contribution in [0.4, 0.5) is 0 Å². The summed E-state index contributed by atoms with van der Waals surface area (Å²) in [5.41, 5.74) is 0.549. The van der Waals surface area contributed by atoms with Crippen molar-refractivity contribution < 1.29 is 9.90 Å². The van der Waals surface area contributed by atoms with Gasteiger partial charge in [-0.05, 0) is 44.5 Å². The number of fused-ring (bicyclic) bond motifs is 2. The predicted octanol–water partition coefficient (Wildman–Crippen LogP) is 2.35. The van der Waals surface area contributed by atoms with E-state index in [9.17, 15) is 9.90 Å². The molecule has 1 N–H and O–H groups in total. The molecule has 2 bridgehead atoms. The van der Waals surface area contributed by atoms with Gasteiger partial charge in [0.1, 0.15) is 5.75 Å². The minimum Gasteiger partial charge on any atom is -0.506 e. The molecule has 2 heterocycles. The first-order chi connectivity index (χ1) is 9.56. The number of hydrogen-bond donors (Lipinski definition) is 1. The molecule has 0 radical (unpaired) electrons. The first kappa shape index (κ1) is 13.7. The number of aromatic hydroxyl groups is 1. The predicted molar refractivity (Wildman–Crippen MR) is 78.2 cm³/mol. The van der Waals surface area contributed by atoms with Crippen molar-refractivity contribution >= 4 is 17.5 Å². The summed E-state index contributed by atoms with van der Waals surface area (Å²) in [7, 11) is 2.16. The van der Waals surface area contributed by atoms with Gasteiger partial charge in [0.15, 0.2) is 0 Å². The maximum atomic E-state index is 12.6. The van der Waals surface area contributed by atoms with Gasteiger partial charge < -0.3 is 10.0 Å². The Hall–Kier alpha value is -1.26. The molecule has 20 heavy (non-hydrogen) atoms. The molecule has 0 spiro atoms. The molecule has 4 nitrogen and oxygen atoms in total. The van der Waals surface area contributed by atoms with Crippen LogP contribution in [-0.4, -0.2) is 53.0 Å². The Balaban J connectivity index is 1.78. The van der Waals surface area contributed by atoms with Crippen molar-refractivity contribution in [3.05, 3.63) is 28.8 Å². The normalized spacial score (nSPS) is 26.6. The number of benzene rings is 1. The molecule has 2 unspecified atom stereocenters. The first-order valence-corrected chi connectivity index (χ1v) is 7.44. The van der Waals surface area contributed by atoms with Crippen molar-refractivity contribution in [2.45, 2.75) is 31.3 Å². The van der Waals surface area contributed by atoms with Crippen molar-refractivity contribution in [1.29, 1.82) is 0 Å². The summed E-state index contributed by atoms with van der Waals surface area (Å²) < 4.78 is 0. The van der Waals surface area contributed by atoms with Gasteiger partial charge in [0.25, 0.3) is 5.91 Å². The van der Waals surface area contributed by atoms with Crippen molar-refractivity contribution in [1.82, 2.24) is 9.80 Å².